The summed E-state index contributed by atoms with van der Waals surface area (Å²) < 4.78 is 59.6. The second-order valence-corrected chi connectivity index (χ2v) is 12.0. The first-order valence-electron chi connectivity index (χ1n) is 15.5. The molecular weight excluding hydrogens is 647 g/mol. The number of rotatable bonds is 12. The number of aliphatic carboxylic acids is 1. The van der Waals surface area contributed by atoms with E-state index >= 15 is 4.39 Å². The third kappa shape index (κ3) is 7.66. The average Bonchev–Trinajstić information content (AvgIpc) is 3.66. The van der Waals surface area contributed by atoms with E-state index in [1.807, 2.05) is 16.1 Å². The van der Waals surface area contributed by atoms with Crippen LogP contribution >= 0.6 is 11.6 Å². The molecule has 1 aliphatic heterocycles. The van der Waals surface area contributed by atoms with Gasteiger partial charge in [0.1, 0.15) is 35.6 Å². The van der Waals surface area contributed by atoms with Crippen LogP contribution < -0.4 is 9.47 Å². The Morgan fingerprint density at radius 2 is 1.85 bits per heavy atom. The molecule has 0 unspecified atom stereocenters. The van der Waals surface area contributed by atoms with Crippen molar-refractivity contribution in [3.63, 3.8) is 0 Å². The molecule has 0 atom stereocenters. The van der Waals surface area contributed by atoms with Gasteiger partial charge in [0, 0.05) is 42.5 Å². The molecule has 3 aromatic carbocycles. The van der Waals surface area contributed by atoms with E-state index in [1.165, 1.54) is 30.3 Å². The zero-order valence-electron chi connectivity index (χ0n) is 26.1. The zero-order valence-corrected chi connectivity index (χ0v) is 26.8. The summed E-state index contributed by atoms with van der Waals surface area (Å²) in [5.41, 5.74) is 2.36. The quantitative estimate of drug-likeness (QED) is 0.141. The van der Waals surface area contributed by atoms with Crippen LogP contribution in [-0.2, 0) is 31.0 Å². The van der Waals surface area contributed by atoms with Crippen molar-refractivity contribution >= 4 is 34.7 Å². The lowest BCUT2D eigenvalue weighted by Crippen LogP contribution is -2.38. The number of benzene rings is 3. The highest BCUT2D eigenvalue weighted by atomic mass is 35.5. The molecule has 9 nitrogen and oxygen atoms in total. The predicted octanol–water partition coefficient (Wildman–Crippen LogP) is 7.09. The van der Waals surface area contributed by atoms with E-state index in [0.717, 1.165) is 24.4 Å². The first-order chi connectivity index (χ1) is 23.2. The maximum atomic E-state index is 15.3. The van der Waals surface area contributed by atoms with Gasteiger partial charge in [-0.05, 0) is 79.9 Å². The molecule has 0 radical (unpaired) electrons. The number of fused-ring (bicyclic) bond motifs is 1. The van der Waals surface area contributed by atoms with E-state index in [4.69, 9.17) is 31.2 Å². The van der Waals surface area contributed by atoms with E-state index in [2.05, 4.69) is 9.88 Å². The van der Waals surface area contributed by atoms with Crippen molar-refractivity contribution in [3.05, 3.63) is 112 Å². The Bertz CT molecular complexity index is 1970. The average molecular weight is 680 g/mol. The largest absolute Gasteiger partial charge is 0.490 e. The number of carbonyl (C=O) groups is 1. The highest BCUT2D eigenvalue weighted by molar-refractivity contribution is 6.30. The van der Waals surface area contributed by atoms with Gasteiger partial charge in [-0.15, -0.1) is 0 Å². The van der Waals surface area contributed by atoms with E-state index in [0.29, 0.717) is 61.7 Å². The molecule has 13 heteroatoms. The fourth-order valence-electron chi connectivity index (χ4n) is 5.80. The molecule has 0 amide bonds. The summed E-state index contributed by atoms with van der Waals surface area (Å²) in [6, 6.07) is 11.5. The molecule has 0 saturated carbocycles. The number of carboxylic acid groups (broad SMARTS) is 1. The molecule has 0 spiro atoms. The molecule has 2 aromatic heterocycles. The molecule has 6 rings (SSSR count). The number of piperidine rings is 1. The van der Waals surface area contributed by atoms with Gasteiger partial charge in [0.05, 0.1) is 30.6 Å². The Morgan fingerprint density at radius 3 is 2.60 bits per heavy atom. The minimum atomic E-state index is -1.12. The van der Waals surface area contributed by atoms with Gasteiger partial charge in [-0.1, -0.05) is 11.6 Å². The van der Waals surface area contributed by atoms with E-state index < -0.39 is 23.4 Å². The van der Waals surface area contributed by atoms with Crippen LogP contribution in [0.25, 0.3) is 17.1 Å². The monoisotopic (exact) mass is 679 g/mol. The molecule has 1 fully saturated rings. The summed E-state index contributed by atoms with van der Waals surface area (Å²) in [5.74, 6) is -1.64. The van der Waals surface area contributed by atoms with E-state index in [-0.39, 0.29) is 34.6 Å². The number of likely N-dealkylation sites (tertiary alicyclic amines) is 1. The Kier molecular flexibility index (Phi) is 10.0. The van der Waals surface area contributed by atoms with Gasteiger partial charge in [0.25, 0.3) is 0 Å². The number of carboxylic acids is 1. The molecule has 1 N–H and O–H groups in total. The molecule has 48 heavy (non-hydrogen) atoms. The van der Waals surface area contributed by atoms with Crippen LogP contribution in [0.3, 0.4) is 0 Å². The van der Waals surface area contributed by atoms with E-state index in [1.54, 1.807) is 30.7 Å². The van der Waals surface area contributed by atoms with Crippen LogP contribution in [-0.4, -0.2) is 54.3 Å². The molecule has 0 aliphatic carbocycles. The van der Waals surface area contributed by atoms with Crippen LogP contribution in [0.15, 0.2) is 67.1 Å². The Labute approximate surface area is 279 Å². The predicted molar refractivity (Wildman–Crippen MR) is 174 cm³/mol. The summed E-state index contributed by atoms with van der Waals surface area (Å²) in [5, 5.41) is 9.31. The number of halogens is 4. The molecule has 1 aliphatic rings. The lowest BCUT2D eigenvalue weighted by Gasteiger charge is -2.32. The van der Waals surface area contributed by atoms with Gasteiger partial charge in [0.15, 0.2) is 17.4 Å². The van der Waals surface area contributed by atoms with Crippen molar-refractivity contribution < 1.29 is 32.5 Å². The molecule has 1 saturated heterocycles. The van der Waals surface area contributed by atoms with Crippen LogP contribution in [0, 0.1) is 17.5 Å². The maximum absolute atomic E-state index is 15.3. The standard InChI is InChI=1S/C35H33ClF3N5O4/c1-2-43-21-40-17-25(43)18-44-31-14-22(3-8-34(45)46)13-30(39)35(31)41-33(44)19-42-11-9-26(10-12-42)48-27-5-6-28(37)23(15-27)20-47-32-7-4-24(36)16-29(32)38/h3-8,13-17,21,26H,2,9-12,18-20H2,1H3,(H,45,46)/b8-3+. The van der Waals surface area contributed by atoms with Gasteiger partial charge in [-0.25, -0.2) is 27.9 Å². The van der Waals surface area contributed by atoms with Gasteiger partial charge < -0.3 is 23.7 Å². The van der Waals surface area contributed by atoms with Crippen LogP contribution in [0.4, 0.5) is 13.2 Å². The second kappa shape index (κ2) is 14.5. The van der Waals surface area contributed by atoms with Gasteiger partial charge >= 0.3 is 5.97 Å². The summed E-state index contributed by atoms with van der Waals surface area (Å²) >= 11 is 5.80. The molecule has 0 bridgehead atoms. The lowest BCUT2D eigenvalue weighted by molar-refractivity contribution is -0.131. The third-order valence-electron chi connectivity index (χ3n) is 8.28. The minimum Gasteiger partial charge on any atom is -0.490 e. The second-order valence-electron chi connectivity index (χ2n) is 11.5. The Hall–Kier alpha value is -4.81. The number of imidazole rings is 2. The van der Waals surface area contributed by atoms with Crippen molar-refractivity contribution in [2.45, 2.75) is 52.1 Å². The fraction of sp³-hybridized carbons (Fsp3) is 0.286. The SMILES string of the molecule is CCn1cncc1Cn1c(CN2CCC(Oc3ccc(F)c(COc4ccc(Cl)cc4F)c3)CC2)nc2c(F)cc(/C=C/C(=O)O)cc21. The number of nitrogens with zero attached hydrogens (tertiary/aromatic N) is 5. The van der Waals surface area contributed by atoms with Crippen LogP contribution in [0.5, 0.6) is 11.5 Å². The smallest absolute Gasteiger partial charge is 0.328 e. The molecule has 250 valence electrons. The summed E-state index contributed by atoms with van der Waals surface area (Å²) in [7, 11) is 0. The topological polar surface area (TPSA) is 94.6 Å². The van der Waals surface area contributed by atoms with Crippen molar-refractivity contribution in [2.75, 3.05) is 13.1 Å². The summed E-state index contributed by atoms with van der Waals surface area (Å²) in [6.45, 7) is 4.79. The molecule has 5 aromatic rings. The lowest BCUT2D eigenvalue weighted by atomic mass is 10.1. The molecule has 3 heterocycles. The van der Waals surface area contributed by atoms with Crippen molar-refractivity contribution in [1.29, 1.82) is 0 Å². The summed E-state index contributed by atoms with van der Waals surface area (Å²) in [4.78, 5) is 22.3. The number of hydrogen-bond acceptors (Lipinski definition) is 6. The van der Waals surface area contributed by atoms with Crippen LogP contribution in [0.1, 0.15) is 42.4 Å². The fourth-order valence-corrected chi connectivity index (χ4v) is 5.96. The van der Waals surface area contributed by atoms with Crippen molar-refractivity contribution in [3.8, 4) is 11.5 Å². The van der Waals surface area contributed by atoms with Crippen LogP contribution in [0.2, 0.25) is 5.02 Å². The number of hydrogen-bond donors (Lipinski definition) is 1. The van der Waals surface area contributed by atoms with Gasteiger partial charge in [-0.3, -0.25) is 4.90 Å². The highest BCUT2D eigenvalue weighted by Crippen LogP contribution is 2.28. The van der Waals surface area contributed by atoms with Gasteiger partial charge in [-0.2, -0.15) is 0 Å². The maximum Gasteiger partial charge on any atom is 0.328 e. The van der Waals surface area contributed by atoms with Crippen molar-refractivity contribution in [2.24, 2.45) is 0 Å². The normalized spacial score (nSPS) is 14.3. The first kappa shape index (κ1) is 33.1. The number of aromatic nitrogens is 4. The Morgan fingerprint density at radius 1 is 1.04 bits per heavy atom. The van der Waals surface area contributed by atoms with Gasteiger partial charge in [0.2, 0.25) is 0 Å². The molecular formula is C35H33ClF3N5O4. The summed E-state index contributed by atoms with van der Waals surface area (Å²) in [6.07, 6.45) is 7.13. The minimum absolute atomic E-state index is 0.0276. The number of ether oxygens (including phenoxy) is 2. The third-order valence-corrected chi connectivity index (χ3v) is 8.52. The highest BCUT2D eigenvalue weighted by Gasteiger charge is 2.24. The number of aryl methyl sites for hydroxylation is 1. The first-order valence-corrected chi connectivity index (χ1v) is 15.9. The van der Waals surface area contributed by atoms with E-state index in [9.17, 15) is 13.6 Å². The zero-order chi connectivity index (χ0) is 33.8. The Balaban J connectivity index is 1.14. The van der Waals surface area contributed by atoms with Crippen molar-refractivity contribution in [1.82, 2.24) is 24.0 Å².